The van der Waals surface area contributed by atoms with E-state index in [1.807, 2.05) is 0 Å². The third-order valence-electron chi connectivity index (χ3n) is 2.54. The molecule has 0 atom stereocenters. The number of aromatic amines is 1. The van der Waals surface area contributed by atoms with Crippen LogP contribution in [0.3, 0.4) is 0 Å². The Hall–Kier alpha value is -1.49. The van der Waals surface area contributed by atoms with E-state index in [-0.39, 0.29) is 24.4 Å². The van der Waals surface area contributed by atoms with E-state index in [9.17, 15) is 4.79 Å². The van der Waals surface area contributed by atoms with Crippen molar-refractivity contribution in [3.63, 3.8) is 0 Å². The SMILES string of the molecule is O=c1cc(CO)[nH]cc1OCc1c(Cl)cccc1Cl. The van der Waals surface area contributed by atoms with Gasteiger partial charge in [0.25, 0.3) is 0 Å². The van der Waals surface area contributed by atoms with Crippen LogP contribution in [0.4, 0.5) is 0 Å². The molecule has 0 saturated carbocycles. The van der Waals surface area contributed by atoms with Crippen LogP contribution in [0.2, 0.25) is 10.0 Å². The maximum absolute atomic E-state index is 11.7. The molecule has 1 heterocycles. The molecule has 100 valence electrons. The van der Waals surface area contributed by atoms with Crippen LogP contribution in [0, 0.1) is 0 Å². The van der Waals surface area contributed by atoms with Crippen molar-refractivity contribution in [2.45, 2.75) is 13.2 Å². The van der Waals surface area contributed by atoms with Gasteiger partial charge in [-0.3, -0.25) is 4.79 Å². The fourth-order valence-electron chi connectivity index (χ4n) is 1.52. The Labute approximate surface area is 119 Å². The fraction of sp³-hybridized carbons (Fsp3) is 0.154. The van der Waals surface area contributed by atoms with Gasteiger partial charge in [0.15, 0.2) is 5.75 Å². The highest BCUT2D eigenvalue weighted by Gasteiger charge is 2.08. The number of nitrogens with one attached hydrogen (secondary N) is 1. The summed E-state index contributed by atoms with van der Waals surface area (Å²) < 4.78 is 5.39. The van der Waals surface area contributed by atoms with Gasteiger partial charge < -0.3 is 14.8 Å². The lowest BCUT2D eigenvalue weighted by atomic mass is 10.2. The van der Waals surface area contributed by atoms with Gasteiger partial charge in [-0.05, 0) is 12.1 Å². The molecule has 0 amide bonds. The number of aromatic nitrogens is 1. The van der Waals surface area contributed by atoms with E-state index in [1.165, 1.54) is 12.3 Å². The predicted octanol–water partition coefficient (Wildman–Crippen LogP) is 2.75. The quantitative estimate of drug-likeness (QED) is 0.912. The summed E-state index contributed by atoms with van der Waals surface area (Å²) in [5, 5.41) is 9.85. The monoisotopic (exact) mass is 299 g/mol. The molecule has 0 bridgehead atoms. The van der Waals surface area contributed by atoms with Gasteiger partial charge in [0, 0.05) is 33.6 Å². The number of benzene rings is 1. The standard InChI is InChI=1S/C13H11Cl2NO3/c14-10-2-1-3-11(15)9(10)7-19-13-5-16-8(6-17)4-12(13)18/h1-5,17H,6-7H2,(H,16,18). The molecule has 0 fully saturated rings. The summed E-state index contributed by atoms with van der Waals surface area (Å²) in [5.74, 6) is 0.146. The number of rotatable bonds is 4. The highest BCUT2D eigenvalue weighted by atomic mass is 35.5. The first-order chi connectivity index (χ1) is 9.11. The maximum atomic E-state index is 11.7. The van der Waals surface area contributed by atoms with Gasteiger partial charge >= 0.3 is 0 Å². The number of H-pyrrole nitrogens is 1. The summed E-state index contributed by atoms with van der Waals surface area (Å²) in [6, 6.07) is 6.41. The van der Waals surface area contributed by atoms with Crippen molar-refractivity contribution in [2.24, 2.45) is 0 Å². The van der Waals surface area contributed by atoms with Crippen LogP contribution in [0.25, 0.3) is 0 Å². The van der Waals surface area contributed by atoms with Crippen LogP contribution in [0.5, 0.6) is 5.75 Å². The van der Waals surface area contributed by atoms with Gasteiger partial charge in [0.1, 0.15) is 6.61 Å². The predicted molar refractivity (Wildman–Crippen MR) is 73.8 cm³/mol. The Balaban J connectivity index is 2.17. The molecule has 6 heteroatoms. The molecule has 0 radical (unpaired) electrons. The third-order valence-corrected chi connectivity index (χ3v) is 3.25. The van der Waals surface area contributed by atoms with Crippen LogP contribution >= 0.6 is 23.2 Å². The molecule has 0 unspecified atom stereocenters. The Morgan fingerprint density at radius 1 is 1.26 bits per heavy atom. The highest BCUT2D eigenvalue weighted by molar-refractivity contribution is 6.35. The highest BCUT2D eigenvalue weighted by Crippen LogP contribution is 2.25. The van der Waals surface area contributed by atoms with Crippen LogP contribution in [0.1, 0.15) is 11.3 Å². The normalized spacial score (nSPS) is 10.5. The minimum atomic E-state index is -0.314. The molecule has 0 aliphatic carbocycles. The first kappa shape index (κ1) is 13.9. The molecule has 19 heavy (non-hydrogen) atoms. The van der Waals surface area contributed by atoms with Gasteiger partial charge in [0.2, 0.25) is 5.43 Å². The van der Waals surface area contributed by atoms with Gasteiger partial charge in [-0.1, -0.05) is 29.3 Å². The zero-order chi connectivity index (χ0) is 13.8. The van der Waals surface area contributed by atoms with Crippen molar-refractivity contribution in [3.8, 4) is 5.75 Å². The lowest BCUT2D eigenvalue weighted by Gasteiger charge is -2.09. The molecular formula is C13H11Cl2NO3. The third kappa shape index (κ3) is 3.29. The van der Waals surface area contributed by atoms with Gasteiger partial charge in [-0.15, -0.1) is 0 Å². The molecule has 2 aromatic rings. The summed E-state index contributed by atoms with van der Waals surface area (Å²) in [5.41, 5.74) is 0.732. The summed E-state index contributed by atoms with van der Waals surface area (Å²) >= 11 is 12.0. The number of halogens is 2. The zero-order valence-electron chi connectivity index (χ0n) is 9.82. The molecule has 0 spiro atoms. The van der Waals surface area contributed by atoms with Crippen LogP contribution < -0.4 is 10.2 Å². The van der Waals surface area contributed by atoms with Crippen LogP contribution in [-0.4, -0.2) is 10.1 Å². The Morgan fingerprint density at radius 3 is 2.53 bits per heavy atom. The average Bonchev–Trinajstić information content (AvgIpc) is 2.39. The number of hydrogen-bond donors (Lipinski definition) is 2. The smallest absolute Gasteiger partial charge is 0.223 e. The molecule has 2 rings (SSSR count). The molecule has 0 aliphatic rings. The minimum Gasteiger partial charge on any atom is -0.483 e. The van der Waals surface area contributed by atoms with Crippen LogP contribution in [-0.2, 0) is 13.2 Å². The number of ether oxygens (including phenoxy) is 1. The summed E-state index contributed by atoms with van der Waals surface area (Å²) in [6.45, 7) is -0.133. The number of aliphatic hydroxyl groups excluding tert-OH is 1. The molecule has 1 aromatic heterocycles. The van der Waals surface area contributed by atoms with Gasteiger partial charge in [-0.25, -0.2) is 0 Å². The van der Waals surface area contributed by atoms with Crippen LogP contribution in [0.15, 0.2) is 35.3 Å². The maximum Gasteiger partial charge on any atom is 0.223 e. The van der Waals surface area contributed by atoms with E-state index < -0.39 is 0 Å². The minimum absolute atomic E-state index is 0.0973. The molecule has 0 aliphatic heterocycles. The largest absolute Gasteiger partial charge is 0.483 e. The second-order valence-corrected chi connectivity index (χ2v) is 4.65. The zero-order valence-corrected chi connectivity index (χ0v) is 11.3. The van der Waals surface area contributed by atoms with E-state index in [0.29, 0.717) is 21.3 Å². The first-order valence-electron chi connectivity index (χ1n) is 5.50. The summed E-state index contributed by atoms with van der Waals surface area (Å²) in [6.07, 6.45) is 1.40. The Morgan fingerprint density at radius 2 is 1.95 bits per heavy atom. The first-order valence-corrected chi connectivity index (χ1v) is 6.25. The van der Waals surface area contributed by atoms with Crippen molar-refractivity contribution < 1.29 is 9.84 Å². The summed E-state index contributed by atoms with van der Waals surface area (Å²) in [7, 11) is 0. The number of pyridine rings is 1. The van der Waals surface area contributed by atoms with Crippen molar-refractivity contribution >= 4 is 23.2 Å². The van der Waals surface area contributed by atoms with Crippen molar-refractivity contribution in [2.75, 3.05) is 0 Å². The van der Waals surface area contributed by atoms with Gasteiger partial charge in [0.05, 0.1) is 6.61 Å². The van der Waals surface area contributed by atoms with E-state index in [4.69, 9.17) is 33.0 Å². The number of hydrogen-bond acceptors (Lipinski definition) is 3. The lowest BCUT2D eigenvalue weighted by molar-refractivity contribution is 0.274. The number of aliphatic hydroxyl groups is 1. The van der Waals surface area contributed by atoms with E-state index in [0.717, 1.165) is 0 Å². The summed E-state index contributed by atoms with van der Waals surface area (Å²) in [4.78, 5) is 14.4. The van der Waals surface area contributed by atoms with Crippen molar-refractivity contribution in [1.29, 1.82) is 0 Å². The lowest BCUT2D eigenvalue weighted by Crippen LogP contribution is -2.10. The van der Waals surface area contributed by atoms with Crippen molar-refractivity contribution in [1.82, 2.24) is 4.98 Å². The van der Waals surface area contributed by atoms with E-state index in [1.54, 1.807) is 18.2 Å². The van der Waals surface area contributed by atoms with E-state index in [2.05, 4.69) is 4.98 Å². The Kier molecular flexibility index (Phi) is 4.47. The second kappa shape index (κ2) is 6.10. The molecule has 2 N–H and O–H groups in total. The molecule has 4 nitrogen and oxygen atoms in total. The van der Waals surface area contributed by atoms with Crippen molar-refractivity contribution in [3.05, 3.63) is 62.0 Å². The molecule has 1 aromatic carbocycles. The molecule has 0 saturated heterocycles. The van der Waals surface area contributed by atoms with Gasteiger partial charge in [-0.2, -0.15) is 0 Å². The average molecular weight is 300 g/mol. The topological polar surface area (TPSA) is 62.3 Å². The Bertz CT molecular complexity index is 620. The fourth-order valence-corrected chi connectivity index (χ4v) is 2.03. The second-order valence-electron chi connectivity index (χ2n) is 3.83. The van der Waals surface area contributed by atoms with E-state index >= 15 is 0 Å². The molecular weight excluding hydrogens is 289 g/mol.